The van der Waals surface area contributed by atoms with Crippen LogP contribution < -0.4 is 5.32 Å². The van der Waals surface area contributed by atoms with E-state index in [-0.39, 0.29) is 18.7 Å². The molecule has 0 bridgehead atoms. The summed E-state index contributed by atoms with van der Waals surface area (Å²) in [6.45, 7) is 3.55. The van der Waals surface area contributed by atoms with Crippen LogP contribution in [0.3, 0.4) is 0 Å². The van der Waals surface area contributed by atoms with Gasteiger partial charge >= 0.3 is 12.2 Å². The maximum atomic E-state index is 13.2. The van der Waals surface area contributed by atoms with E-state index >= 15 is 0 Å². The molecular weight excluding hydrogens is 295 g/mol. The number of rotatable bonds is 5. The molecule has 22 heavy (non-hydrogen) atoms. The SMILES string of the molecule is CCN(CC(C)C#N)C(=O)NC(c1ccccc1)C(F)(F)F. The molecule has 0 radical (unpaired) electrons. The molecule has 0 aliphatic rings. The van der Waals surface area contributed by atoms with Gasteiger partial charge in [0.05, 0.1) is 12.0 Å². The molecule has 0 saturated heterocycles. The van der Waals surface area contributed by atoms with Gasteiger partial charge in [-0.2, -0.15) is 18.4 Å². The fourth-order valence-electron chi connectivity index (χ4n) is 1.94. The number of hydrogen-bond acceptors (Lipinski definition) is 2. The van der Waals surface area contributed by atoms with Crippen LogP contribution in [0.25, 0.3) is 0 Å². The van der Waals surface area contributed by atoms with Gasteiger partial charge in [-0.25, -0.2) is 4.79 Å². The van der Waals surface area contributed by atoms with Gasteiger partial charge < -0.3 is 10.2 Å². The predicted octanol–water partition coefficient (Wildman–Crippen LogP) is 3.48. The molecule has 4 nitrogen and oxygen atoms in total. The lowest BCUT2D eigenvalue weighted by molar-refractivity contribution is -0.155. The third-order valence-corrected chi connectivity index (χ3v) is 3.11. The van der Waals surface area contributed by atoms with Crippen molar-refractivity contribution < 1.29 is 18.0 Å². The number of urea groups is 1. The number of hydrogen-bond donors (Lipinski definition) is 1. The molecule has 0 aliphatic carbocycles. The Morgan fingerprint density at radius 2 is 1.95 bits per heavy atom. The molecule has 1 aromatic carbocycles. The van der Waals surface area contributed by atoms with Crippen LogP contribution in [0.4, 0.5) is 18.0 Å². The van der Waals surface area contributed by atoms with E-state index in [0.717, 1.165) is 0 Å². The maximum absolute atomic E-state index is 13.2. The van der Waals surface area contributed by atoms with Gasteiger partial charge in [0.2, 0.25) is 0 Å². The highest BCUT2D eigenvalue weighted by Gasteiger charge is 2.42. The predicted molar refractivity (Wildman–Crippen MR) is 75.8 cm³/mol. The quantitative estimate of drug-likeness (QED) is 0.905. The van der Waals surface area contributed by atoms with E-state index in [4.69, 9.17) is 5.26 Å². The summed E-state index contributed by atoms with van der Waals surface area (Å²) in [7, 11) is 0. The van der Waals surface area contributed by atoms with Gasteiger partial charge in [-0.3, -0.25) is 0 Å². The zero-order chi connectivity index (χ0) is 16.8. The number of carbonyl (C=O) groups is 1. The van der Waals surface area contributed by atoms with Crippen molar-refractivity contribution in [3.05, 3.63) is 35.9 Å². The number of carbonyl (C=O) groups excluding carboxylic acids is 1. The van der Waals surface area contributed by atoms with Crippen molar-refractivity contribution in [2.24, 2.45) is 5.92 Å². The number of amides is 2. The van der Waals surface area contributed by atoms with Crippen molar-refractivity contribution in [3.8, 4) is 6.07 Å². The van der Waals surface area contributed by atoms with Crippen molar-refractivity contribution >= 4 is 6.03 Å². The van der Waals surface area contributed by atoms with Crippen LogP contribution in [0.15, 0.2) is 30.3 Å². The summed E-state index contributed by atoms with van der Waals surface area (Å²) in [5.41, 5.74) is -0.0345. The number of nitrogens with zero attached hydrogens (tertiary/aromatic N) is 2. The largest absolute Gasteiger partial charge is 0.412 e. The molecule has 7 heteroatoms. The summed E-state index contributed by atoms with van der Waals surface area (Å²) in [6.07, 6.45) is -4.60. The number of alkyl halides is 3. The second kappa shape index (κ2) is 7.69. The van der Waals surface area contributed by atoms with Crippen LogP contribution >= 0.6 is 0 Å². The molecule has 2 unspecified atom stereocenters. The van der Waals surface area contributed by atoms with Gasteiger partial charge in [0.1, 0.15) is 0 Å². The first-order chi connectivity index (χ1) is 10.3. The van der Waals surface area contributed by atoms with Crippen molar-refractivity contribution in [1.82, 2.24) is 10.2 Å². The molecule has 0 spiro atoms. The van der Waals surface area contributed by atoms with Crippen molar-refractivity contribution in [2.45, 2.75) is 26.1 Å². The molecule has 0 aliphatic heterocycles. The van der Waals surface area contributed by atoms with Crippen LogP contribution in [-0.2, 0) is 0 Å². The lowest BCUT2D eigenvalue weighted by Gasteiger charge is -2.27. The van der Waals surface area contributed by atoms with Crippen molar-refractivity contribution in [2.75, 3.05) is 13.1 Å². The highest BCUT2D eigenvalue weighted by molar-refractivity contribution is 5.74. The van der Waals surface area contributed by atoms with E-state index in [0.29, 0.717) is 0 Å². The lowest BCUT2D eigenvalue weighted by Crippen LogP contribution is -2.46. The fraction of sp³-hybridized carbons (Fsp3) is 0.467. The zero-order valence-electron chi connectivity index (χ0n) is 12.4. The fourth-order valence-corrected chi connectivity index (χ4v) is 1.94. The summed E-state index contributed by atoms with van der Waals surface area (Å²) in [5.74, 6) is -0.452. The van der Waals surface area contributed by atoms with E-state index < -0.39 is 24.2 Å². The van der Waals surface area contributed by atoms with E-state index in [9.17, 15) is 18.0 Å². The normalized spacial score (nSPS) is 13.8. The molecule has 0 aromatic heterocycles. The highest BCUT2D eigenvalue weighted by Crippen LogP contribution is 2.32. The smallest absolute Gasteiger partial charge is 0.324 e. The van der Waals surface area contributed by atoms with Crippen LogP contribution in [-0.4, -0.2) is 30.2 Å². The Kier molecular flexibility index (Phi) is 6.23. The third kappa shape index (κ3) is 4.95. The Labute approximate surface area is 127 Å². The van der Waals surface area contributed by atoms with Gasteiger partial charge in [-0.15, -0.1) is 0 Å². The van der Waals surface area contributed by atoms with E-state index in [1.165, 1.54) is 29.2 Å². The van der Waals surface area contributed by atoms with Crippen LogP contribution in [0.1, 0.15) is 25.5 Å². The monoisotopic (exact) mass is 313 g/mol. The molecule has 2 amide bonds. The minimum absolute atomic E-state index is 0.0345. The van der Waals surface area contributed by atoms with Gasteiger partial charge in [0, 0.05) is 13.1 Å². The lowest BCUT2D eigenvalue weighted by atomic mass is 10.1. The summed E-state index contributed by atoms with van der Waals surface area (Å²) >= 11 is 0. The molecule has 0 saturated carbocycles. The molecule has 1 N–H and O–H groups in total. The molecule has 0 heterocycles. The number of halogens is 3. The zero-order valence-corrected chi connectivity index (χ0v) is 12.4. The minimum atomic E-state index is -4.60. The van der Waals surface area contributed by atoms with Gasteiger partial charge in [-0.1, -0.05) is 30.3 Å². The molecule has 1 rings (SSSR count). The van der Waals surface area contributed by atoms with Crippen molar-refractivity contribution in [3.63, 3.8) is 0 Å². The van der Waals surface area contributed by atoms with Crippen LogP contribution in [0, 0.1) is 17.2 Å². The summed E-state index contributed by atoms with van der Waals surface area (Å²) in [4.78, 5) is 13.3. The minimum Gasteiger partial charge on any atom is -0.324 e. The van der Waals surface area contributed by atoms with Crippen LogP contribution in [0.5, 0.6) is 0 Å². The van der Waals surface area contributed by atoms with Gasteiger partial charge in [0.25, 0.3) is 0 Å². The van der Waals surface area contributed by atoms with Crippen LogP contribution in [0.2, 0.25) is 0 Å². The first-order valence-corrected chi connectivity index (χ1v) is 6.86. The molecule has 120 valence electrons. The Bertz CT molecular complexity index is 525. The van der Waals surface area contributed by atoms with Gasteiger partial charge in [-0.05, 0) is 19.4 Å². The first kappa shape index (κ1) is 17.8. The molecular formula is C15H18F3N3O. The Balaban J connectivity index is 2.90. The third-order valence-electron chi connectivity index (χ3n) is 3.11. The number of benzene rings is 1. The average molecular weight is 313 g/mol. The Morgan fingerprint density at radius 1 is 1.36 bits per heavy atom. The topological polar surface area (TPSA) is 56.1 Å². The molecule has 1 aromatic rings. The first-order valence-electron chi connectivity index (χ1n) is 6.86. The number of nitriles is 1. The van der Waals surface area contributed by atoms with Crippen molar-refractivity contribution in [1.29, 1.82) is 5.26 Å². The standard InChI is InChI=1S/C15H18F3N3O/c1-3-21(10-11(2)9-19)14(22)20-13(15(16,17)18)12-7-5-4-6-8-12/h4-8,11,13H,3,10H2,1-2H3,(H,20,22). The molecule has 2 atom stereocenters. The molecule has 0 fully saturated rings. The highest BCUT2D eigenvalue weighted by atomic mass is 19.4. The Morgan fingerprint density at radius 3 is 2.41 bits per heavy atom. The summed E-state index contributed by atoms with van der Waals surface area (Å²) in [6, 6.07) is 6.23. The summed E-state index contributed by atoms with van der Waals surface area (Å²) < 4.78 is 39.5. The van der Waals surface area contributed by atoms with Gasteiger partial charge in [0.15, 0.2) is 6.04 Å². The second-order valence-electron chi connectivity index (χ2n) is 4.90. The number of nitrogens with one attached hydrogen (secondary N) is 1. The van der Waals surface area contributed by atoms with E-state index in [1.807, 2.05) is 11.4 Å². The second-order valence-corrected chi connectivity index (χ2v) is 4.90. The summed E-state index contributed by atoms with van der Waals surface area (Å²) in [5, 5.41) is 10.8. The maximum Gasteiger partial charge on any atom is 0.412 e. The average Bonchev–Trinajstić information content (AvgIpc) is 2.49. The Hall–Kier alpha value is -2.23. The van der Waals surface area contributed by atoms with E-state index in [1.54, 1.807) is 19.9 Å². The van der Waals surface area contributed by atoms with E-state index in [2.05, 4.69) is 0 Å².